The molecule has 1 atom stereocenters. The van der Waals surface area contributed by atoms with E-state index >= 15 is 0 Å². The van der Waals surface area contributed by atoms with Gasteiger partial charge in [-0.3, -0.25) is 4.79 Å². The van der Waals surface area contributed by atoms with Crippen molar-refractivity contribution in [3.63, 3.8) is 0 Å². The molecule has 5 nitrogen and oxygen atoms in total. The molecular weight excluding hydrogens is 333 g/mol. The molecule has 1 amide bonds. The van der Waals surface area contributed by atoms with Crippen LogP contribution < -0.4 is 5.73 Å². The number of hydrogen-bond acceptors (Lipinski definition) is 4. The first-order valence-corrected chi connectivity index (χ1v) is 8.94. The molecule has 3 rings (SSSR count). The average molecular weight is 357 g/mol. The number of pyridine rings is 1. The molecule has 1 aromatic carbocycles. The number of rotatable bonds is 6. The Labute approximate surface area is 153 Å². The molecule has 0 unspecified atom stereocenters. The summed E-state index contributed by atoms with van der Waals surface area (Å²) in [6.45, 7) is 1.76. The molecule has 1 fully saturated rings. The minimum absolute atomic E-state index is 0.0243. The first-order valence-electron chi connectivity index (χ1n) is 8.94. The Kier molecular flexibility index (Phi) is 6.17. The van der Waals surface area contributed by atoms with Crippen molar-refractivity contribution in [2.75, 3.05) is 25.4 Å². The van der Waals surface area contributed by atoms with Crippen LogP contribution in [0.15, 0.2) is 42.6 Å². The number of halogens is 1. The lowest BCUT2D eigenvalue weighted by molar-refractivity contribution is -0.138. The number of aryl methyl sites for hydroxylation is 2. The Morgan fingerprint density at radius 3 is 2.92 bits per heavy atom. The van der Waals surface area contributed by atoms with Gasteiger partial charge in [-0.25, -0.2) is 9.37 Å². The second-order valence-corrected chi connectivity index (χ2v) is 6.59. The Bertz CT molecular complexity index is 753. The smallest absolute Gasteiger partial charge is 0.223 e. The molecule has 1 aliphatic heterocycles. The molecular formula is C20H24FN3O2. The number of nitrogens with two attached hydrogens (primary N) is 1. The van der Waals surface area contributed by atoms with Crippen LogP contribution in [0.4, 0.5) is 10.2 Å². The summed E-state index contributed by atoms with van der Waals surface area (Å²) in [5, 5.41) is 0. The summed E-state index contributed by atoms with van der Waals surface area (Å²) in [6, 6.07) is 10.2. The summed E-state index contributed by atoms with van der Waals surface area (Å²) in [6.07, 6.45) is 4.33. The summed E-state index contributed by atoms with van der Waals surface area (Å²) in [7, 11) is 0. The molecule has 138 valence electrons. The highest BCUT2D eigenvalue weighted by Gasteiger charge is 2.23. The average Bonchev–Trinajstić information content (AvgIpc) is 2.65. The highest BCUT2D eigenvalue weighted by Crippen LogP contribution is 2.15. The van der Waals surface area contributed by atoms with E-state index in [0.29, 0.717) is 38.4 Å². The maximum atomic E-state index is 13.2. The van der Waals surface area contributed by atoms with Gasteiger partial charge in [-0.1, -0.05) is 12.1 Å². The number of nitrogen functional groups attached to an aromatic ring is 1. The summed E-state index contributed by atoms with van der Waals surface area (Å²) in [4.78, 5) is 18.3. The fourth-order valence-corrected chi connectivity index (χ4v) is 3.20. The molecule has 2 N–H and O–H groups in total. The number of ether oxygens (including phenoxy) is 1. The standard InChI is InChI=1S/C20H24FN3O2/c21-17-3-1-2-15(12-17)5-7-20(25)24-10-11-26-18(14-24)6-4-16-8-9-23-19(22)13-16/h1-3,8-9,12-13,18H,4-7,10-11,14H2,(H2,22,23)/t18-/m1/s1. The monoisotopic (exact) mass is 357 g/mol. The summed E-state index contributed by atoms with van der Waals surface area (Å²) < 4.78 is 19.0. The molecule has 2 heterocycles. The van der Waals surface area contributed by atoms with Crippen molar-refractivity contribution < 1.29 is 13.9 Å². The van der Waals surface area contributed by atoms with Crippen LogP contribution in [-0.4, -0.2) is 41.6 Å². The zero-order valence-corrected chi connectivity index (χ0v) is 14.7. The molecule has 0 bridgehead atoms. The Morgan fingerprint density at radius 1 is 1.27 bits per heavy atom. The van der Waals surface area contributed by atoms with Crippen molar-refractivity contribution >= 4 is 11.7 Å². The number of aromatic nitrogens is 1. The Morgan fingerprint density at radius 2 is 2.12 bits per heavy atom. The van der Waals surface area contributed by atoms with Crippen LogP contribution >= 0.6 is 0 Å². The molecule has 1 saturated heterocycles. The molecule has 1 aliphatic rings. The van der Waals surface area contributed by atoms with E-state index < -0.39 is 0 Å². The number of amides is 1. The van der Waals surface area contributed by atoms with Crippen molar-refractivity contribution in [2.45, 2.75) is 31.8 Å². The lowest BCUT2D eigenvalue weighted by atomic mass is 10.1. The van der Waals surface area contributed by atoms with Gasteiger partial charge in [0.05, 0.1) is 12.7 Å². The van der Waals surface area contributed by atoms with Crippen molar-refractivity contribution in [1.29, 1.82) is 0 Å². The second-order valence-electron chi connectivity index (χ2n) is 6.59. The number of nitrogens with zero attached hydrogens (tertiary/aromatic N) is 2. The van der Waals surface area contributed by atoms with E-state index in [-0.39, 0.29) is 17.8 Å². The van der Waals surface area contributed by atoms with Crippen LogP contribution in [0.5, 0.6) is 0 Å². The number of anilines is 1. The van der Waals surface area contributed by atoms with Crippen molar-refractivity contribution in [3.8, 4) is 0 Å². The fourth-order valence-electron chi connectivity index (χ4n) is 3.20. The zero-order valence-electron chi connectivity index (χ0n) is 14.7. The molecule has 0 saturated carbocycles. The van der Waals surface area contributed by atoms with Gasteiger partial charge in [-0.2, -0.15) is 0 Å². The molecule has 0 radical (unpaired) electrons. The third-order valence-electron chi connectivity index (χ3n) is 4.61. The summed E-state index contributed by atoms with van der Waals surface area (Å²) in [5.41, 5.74) is 7.67. The van der Waals surface area contributed by atoms with E-state index in [2.05, 4.69) is 4.98 Å². The fraction of sp³-hybridized carbons (Fsp3) is 0.400. The quantitative estimate of drug-likeness (QED) is 0.863. The first-order chi connectivity index (χ1) is 12.6. The number of carbonyl (C=O) groups is 1. The number of carbonyl (C=O) groups excluding carboxylic acids is 1. The Balaban J connectivity index is 1.47. The third kappa shape index (κ3) is 5.26. The van der Waals surface area contributed by atoms with E-state index in [1.165, 1.54) is 12.1 Å². The second kappa shape index (κ2) is 8.76. The van der Waals surface area contributed by atoms with Crippen molar-refractivity contribution in [2.24, 2.45) is 0 Å². The van der Waals surface area contributed by atoms with Crippen molar-refractivity contribution in [1.82, 2.24) is 9.88 Å². The SMILES string of the molecule is Nc1cc(CC[C@@H]2CN(C(=O)CCc3cccc(F)c3)CCO2)ccn1. The van der Waals surface area contributed by atoms with Gasteiger partial charge in [0.25, 0.3) is 0 Å². The lowest BCUT2D eigenvalue weighted by Crippen LogP contribution is -2.45. The number of hydrogen-bond donors (Lipinski definition) is 1. The topological polar surface area (TPSA) is 68.5 Å². The Hall–Kier alpha value is -2.47. The van der Waals surface area contributed by atoms with E-state index in [1.807, 2.05) is 23.1 Å². The van der Waals surface area contributed by atoms with E-state index in [4.69, 9.17) is 10.5 Å². The van der Waals surface area contributed by atoms with Crippen LogP contribution in [-0.2, 0) is 22.4 Å². The summed E-state index contributed by atoms with van der Waals surface area (Å²) >= 11 is 0. The van der Waals surface area contributed by atoms with Crippen LogP contribution in [0.25, 0.3) is 0 Å². The van der Waals surface area contributed by atoms with Crippen LogP contribution in [0, 0.1) is 5.82 Å². The van der Waals surface area contributed by atoms with Gasteiger partial charge >= 0.3 is 0 Å². The van der Waals surface area contributed by atoms with Gasteiger partial charge in [0.1, 0.15) is 11.6 Å². The predicted octanol–water partition coefficient (Wildman–Crippen LogP) is 2.60. The van der Waals surface area contributed by atoms with Gasteiger partial charge in [0.15, 0.2) is 0 Å². The number of benzene rings is 1. The minimum atomic E-state index is -0.266. The van der Waals surface area contributed by atoms with Crippen LogP contribution in [0.3, 0.4) is 0 Å². The van der Waals surface area contributed by atoms with E-state index in [0.717, 1.165) is 24.0 Å². The highest BCUT2D eigenvalue weighted by molar-refractivity contribution is 5.76. The van der Waals surface area contributed by atoms with Crippen molar-refractivity contribution in [3.05, 3.63) is 59.5 Å². The van der Waals surface area contributed by atoms with Crippen LogP contribution in [0.2, 0.25) is 0 Å². The predicted molar refractivity (Wildman–Crippen MR) is 98.0 cm³/mol. The maximum Gasteiger partial charge on any atom is 0.223 e. The largest absolute Gasteiger partial charge is 0.384 e. The number of morpholine rings is 1. The van der Waals surface area contributed by atoms with Gasteiger partial charge in [-0.15, -0.1) is 0 Å². The molecule has 26 heavy (non-hydrogen) atoms. The van der Waals surface area contributed by atoms with Crippen LogP contribution in [0.1, 0.15) is 24.0 Å². The zero-order chi connectivity index (χ0) is 18.4. The maximum absolute atomic E-state index is 13.2. The van der Waals surface area contributed by atoms with Gasteiger partial charge < -0.3 is 15.4 Å². The van der Waals surface area contributed by atoms with Gasteiger partial charge in [-0.05, 0) is 54.7 Å². The molecule has 6 heteroatoms. The summed E-state index contributed by atoms with van der Waals surface area (Å²) in [5.74, 6) is 0.343. The van der Waals surface area contributed by atoms with Gasteiger partial charge in [0.2, 0.25) is 5.91 Å². The first kappa shape index (κ1) is 18.3. The molecule has 0 aliphatic carbocycles. The molecule has 0 spiro atoms. The van der Waals surface area contributed by atoms with E-state index in [9.17, 15) is 9.18 Å². The molecule has 1 aromatic heterocycles. The highest BCUT2D eigenvalue weighted by atomic mass is 19.1. The third-order valence-corrected chi connectivity index (χ3v) is 4.61. The van der Waals surface area contributed by atoms with E-state index in [1.54, 1.807) is 12.3 Å². The normalized spacial score (nSPS) is 17.3. The minimum Gasteiger partial charge on any atom is -0.384 e. The van der Waals surface area contributed by atoms with Gasteiger partial charge in [0, 0.05) is 25.7 Å². The lowest BCUT2D eigenvalue weighted by Gasteiger charge is -2.33. The molecule has 2 aromatic rings.